The lowest BCUT2D eigenvalue weighted by atomic mass is 9.96. The van der Waals surface area contributed by atoms with Gasteiger partial charge in [-0.1, -0.05) is 54.6 Å². The van der Waals surface area contributed by atoms with Crippen molar-refractivity contribution in [1.29, 1.82) is 0 Å². The first-order valence-electron chi connectivity index (χ1n) is 16.4. The molecule has 0 aromatic heterocycles. The van der Waals surface area contributed by atoms with Crippen molar-refractivity contribution in [2.75, 3.05) is 24.3 Å². The Kier molecular flexibility index (Phi) is 11.0. The van der Waals surface area contributed by atoms with Crippen LogP contribution in [0.4, 0.5) is 5.69 Å². The fourth-order valence-corrected chi connectivity index (χ4v) is 7.86. The second-order valence-electron chi connectivity index (χ2n) is 13.1. The molecule has 0 spiro atoms. The molecule has 5 rings (SSSR count). The third kappa shape index (κ3) is 7.80. The Morgan fingerprint density at radius 3 is 2.40 bits per heavy atom. The van der Waals surface area contributed by atoms with E-state index in [4.69, 9.17) is 4.74 Å². The predicted molar refractivity (Wildman–Crippen MR) is 188 cm³/mol. The molecule has 2 aliphatic rings. The summed E-state index contributed by atoms with van der Waals surface area (Å²) in [4.78, 5) is 42.6. The molecule has 0 saturated carbocycles. The molecule has 3 aromatic rings. The van der Waals surface area contributed by atoms with Crippen LogP contribution in [0.3, 0.4) is 0 Å². The molecule has 10 nitrogen and oxygen atoms in total. The second kappa shape index (κ2) is 15.0. The van der Waals surface area contributed by atoms with Gasteiger partial charge >= 0.3 is 0 Å². The lowest BCUT2D eigenvalue weighted by molar-refractivity contribution is -0.148. The summed E-state index contributed by atoms with van der Waals surface area (Å²) in [6.07, 6.45) is -1.82. The summed E-state index contributed by atoms with van der Waals surface area (Å²) in [6, 6.07) is 18.3. The second-order valence-corrected chi connectivity index (χ2v) is 14.7. The summed E-state index contributed by atoms with van der Waals surface area (Å²) in [5.74, 6) is -0.774. The molecule has 3 aromatic carbocycles. The van der Waals surface area contributed by atoms with Crippen LogP contribution in [0, 0.1) is 13.8 Å². The molecule has 1 aliphatic carbocycles. The third-order valence-electron chi connectivity index (χ3n) is 9.05. The number of carbonyl (C=O) groups excluding carboxylic acids is 3. The van der Waals surface area contributed by atoms with E-state index in [9.17, 15) is 24.6 Å². The van der Waals surface area contributed by atoms with Crippen molar-refractivity contribution < 1.29 is 29.3 Å². The summed E-state index contributed by atoms with van der Waals surface area (Å²) < 4.78 is 5.26. The van der Waals surface area contributed by atoms with Crippen molar-refractivity contribution in [2.45, 2.75) is 82.5 Å². The van der Waals surface area contributed by atoms with E-state index in [1.165, 1.54) is 16.7 Å². The van der Waals surface area contributed by atoms with Crippen LogP contribution in [0.2, 0.25) is 0 Å². The predicted octanol–water partition coefficient (Wildman–Crippen LogP) is 3.66. The maximum atomic E-state index is 14.1. The molecule has 0 radical (unpaired) electrons. The van der Waals surface area contributed by atoms with Crippen LogP contribution in [-0.4, -0.2) is 80.9 Å². The van der Waals surface area contributed by atoms with Crippen LogP contribution in [0.15, 0.2) is 66.7 Å². The molecule has 1 aliphatic heterocycles. The largest absolute Gasteiger partial charge is 0.483 e. The number of ether oxygens (including phenoxy) is 1. The highest BCUT2D eigenvalue weighted by atomic mass is 32.2. The molecule has 0 unspecified atom stereocenters. The summed E-state index contributed by atoms with van der Waals surface area (Å²) in [6.45, 7) is 10.1. The van der Waals surface area contributed by atoms with Crippen LogP contribution in [0.1, 0.15) is 54.6 Å². The molecule has 1 fully saturated rings. The molecule has 1 heterocycles. The van der Waals surface area contributed by atoms with E-state index >= 15 is 0 Å². The number of anilines is 1. The number of nitrogens with one attached hydrogen (secondary N) is 3. The van der Waals surface area contributed by atoms with Gasteiger partial charge in [0.15, 0.2) is 12.7 Å². The van der Waals surface area contributed by atoms with Crippen LogP contribution in [-0.2, 0) is 27.2 Å². The van der Waals surface area contributed by atoms with Gasteiger partial charge in [0.1, 0.15) is 11.8 Å². The third-order valence-corrected chi connectivity index (χ3v) is 10.4. The van der Waals surface area contributed by atoms with Crippen LogP contribution in [0.25, 0.3) is 0 Å². The van der Waals surface area contributed by atoms with Crippen molar-refractivity contribution in [3.63, 3.8) is 0 Å². The number of aliphatic hydroxyl groups excluding tert-OH is 2. The van der Waals surface area contributed by atoms with Crippen LogP contribution >= 0.6 is 11.8 Å². The number of fused-ring (bicyclic) bond motifs is 1. The summed E-state index contributed by atoms with van der Waals surface area (Å²) in [5, 5.41) is 31.5. The van der Waals surface area contributed by atoms with Crippen LogP contribution in [0.5, 0.6) is 5.75 Å². The highest BCUT2D eigenvalue weighted by Crippen LogP contribution is 2.41. The number of thioether (sulfide) groups is 1. The first kappa shape index (κ1) is 35.3. The van der Waals surface area contributed by atoms with Crippen molar-refractivity contribution >= 4 is 35.2 Å². The van der Waals surface area contributed by atoms with Gasteiger partial charge in [-0.15, -0.1) is 11.8 Å². The van der Waals surface area contributed by atoms with Gasteiger partial charge in [-0.2, -0.15) is 0 Å². The first-order chi connectivity index (χ1) is 22.9. The fourth-order valence-electron chi connectivity index (χ4n) is 6.71. The minimum absolute atomic E-state index is 0.182. The maximum Gasteiger partial charge on any atom is 0.258 e. The number of amides is 3. The van der Waals surface area contributed by atoms with Gasteiger partial charge in [-0.3, -0.25) is 14.4 Å². The number of rotatable bonds is 12. The lowest BCUT2D eigenvalue weighted by Crippen LogP contribution is -2.59. The lowest BCUT2D eigenvalue weighted by Gasteiger charge is -2.34. The van der Waals surface area contributed by atoms with E-state index in [0.717, 1.165) is 40.0 Å². The molecule has 48 heavy (non-hydrogen) atoms. The summed E-state index contributed by atoms with van der Waals surface area (Å²) in [5.41, 5.74) is 5.36. The number of benzene rings is 3. The average molecular weight is 675 g/mol. The molecule has 11 heteroatoms. The first-order valence-corrected chi connectivity index (χ1v) is 17.4. The van der Waals surface area contributed by atoms with Gasteiger partial charge in [0.05, 0.1) is 24.1 Å². The maximum absolute atomic E-state index is 14.1. The summed E-state index contributed by atoms with van der Waals surface area (Å²) >= 11 is 1.43. The standard InChI is InChI=1S/C37H46N4O6S/c1-6-38-26-16-22(2)33(23(3)17-26)47-20-30(43)39-28(18-24-12-8-7-9-13-24)32(44)36(46)41-21-48-37(4,5)34(41)35(45)40-31-27-15-11-10-14-25(27)19-29(31)42/h7-17,28-29,31-32,34,38,42,44H,6,18-21H2,1-5H3,(H,39,43)(H,40,45)/t28-,29+,31-,32-,34+/m0/s1. The van der Waals surface area contributed by atoms with E-state index in [0.29, 0.717) is 12.2 Å². The van der Waals surface area contributed by atoms with Gasteiger partial charge < -0.3 is 35.8 Å². The van der Waals surface area contributed by atoms with Crippen molar-refractivity contribution in [2.24, 2.45) is 0 Å². The molecule has 5 atom stereocenters. The number of aliphatic hydroxyl groups is 2. The number of hydrogen-bond donors (Lipinski definition) is 5. The topological polar surface area (TPSA) is 140 Å². The van der Waals surface area contributed by atoms with E-state index < -0.39 is 52.8 Å². The van der Waals surface area contributed by atoms with Crippen molar-refractivity contribution in [3.05, 3.63) is 94.5 Å². The smallest absolute Gasteiger partial charge is 0.258 e. The van der Waals surface area contributed by atoms with Crippen LogP contribution < -0.4 is 20.7 Å². The normalized spacial score (nSPS) is 20.8. The Hall–Kier alpha value is -4.06. The highest BCUT2D eigenvalue weighted by molar-refractivity contribution is 8.00. The zero-order chi connectivity index (χ0) is 34.6. The Bertz CT molecular complexity index is 1610. The van der Waals surface area contributed by atoms with Crippen molar-refractivity contribution in [3.8, 4) is 5.75 Å². The highest BCUT2D eigenvalue weighted by Gasteiger charge is 2.50. The van der Waals surface area contributed by atoms with E-state index in [2.05, 4.69) is 16.0 Å². The van der Waals surface area contributed by atoms with Gasteiger partial charge in [0, 0.05) is 23.4 Å². The Balaban J connectivity index is 1.31. The fraction of sp³-hybridized carbons (Fsp3) is 0.432. The molecule has 256 valence electrons. The van der Waals surface area contributed by atoms with Gasteiger partial charge in [0.25, 0.3) is 11.8 Å². The number of aryl methyl sites for hydroxylation is 2. The minimum atomic E-state index is -1.64. The molecule has 0 bridgehead atoms. The molecular formula is C37H46N4O6S. The molecule has 3 amide bonds. The minimum Gasteiger partial charge on any atom is -0.483 e. The van der Waals surface area contributed by atoms with E-state index in [-0.39, 0.29) is 18.9 Å². The van der Waals surface area contributed by atoms with Gasteiger partial charge in [-0.05, 0) is 81.0 Å². The van der Waals surface area contributed by atoms with Gasteiger partial charge in [-0.25, -0.2) is 0 Å². The van der Waals surface area contributed by atoms with Crippen molar-refractivity contribution in [1.82, 2.24) is 15.5 Å². The van der Waals surface area contributed by atoms with Gasteiger partial charge in [0.2, 0.25) is 5.91 Å². The monoisotopic (exact) mass is 674 g/mol. The summed E-state index contributed by atoms with van der Waals surface area (Å²) in [7, 11) is 0. The Labute approximate surface area is 286 Å². The number of hydrogen-bond acceptors (Lipinski definition) is 8. The van der Waals surface area contributed by atoms with E-state index in [1.807, 2.05) is 101 Å². The zero-order valence-corrected chi connectivity index (χ0v) is 29.0. The number of carbonyl (C=O) groups is 3. The zero-order valence-electron chi connectivity index (χ0n) is 28.2. The number of nitrogens with zero attached hydrogens (tertiary/aromatic N) is 1. The Morgan fingerprint density at radius 2 is 1.71 bits per heavy atom. The van der Waals surface area contributed by atoms with E-state index in [1.54, 1.807) is 0 Å². The Morgan fingerprint density at radius 1 is 1.04 bits per heavy atom. The molecule has 1 saturated heterocycles. The molecule has 5 N–H and O–H groups in total. The quantitative estimate of drug-likeness (QED) is 0.196. The average Bonchev–Trinajstić information content (AvgIpc) is 3.54. The molecular weight excluding hydrogens is 628 g/mol. The SMILES string of the molecule is CCNc1cc(C)c(OCC(=O)N[C@@H](Cc2ccccc2)[C@H](O)C(=O)N2CSC(C)(C)[C@H]2C(=O)N[C@H]2c3ccccc3C[C@H]2O)c(C)c1.